The molecule has 0 saturated heterocycles. The highest BCUT2D eigenvalue weighted by atomic mass is 16.6. The number of aryl methyl sites for hydroxylation is 1. The molecule has 1 amide bonds. The van der Waals surface area contributed by atoms with E-state index in [9.17, 15) is 14.9 Å². The largest absolute Gasteiger partial charge is 0.497 e. The summed E-state index contributed by atoms with van der Waals surface area (Å²) >= 11 is 0. The molecule has 0 radical (unpaired) electrons. The van der Waals surface area contributed by atoms with Crippen molar-refractivity contribution in [3.05, 3.63) is 57.6 Å². The van der Waals surface area contributed by atoms with E-state index in [4.69, 9.17) is 9.47 Å². The summed E-state index contributed by atoms with van der Waals surface area (Å²) in [6, 6.07) is 10.0. The van der Waals surface area contributed by atoms with Crippen molar-refractivity contribution in [1.29, 1.82) is 0 Å². The summed E-state index contributed by atoms with van der Waals surface area (Å²) in [7, 11) is 3.01. The second kappa shape index (κ2) is 6.80. The third-order valence-electron chi connectivity index (χ3n) is 4.41. The Kier molecular flexibility index (Phi) is 4.56. The first kappa shape index (κ1) is 16.8. The van der Waals surface area contributed by atoms with Gasteiger partial charge in [0.15, 0.2) is 0 Å². The first-order valence-corrected chi connectivity index (χ1v) is 7.83. The standard InChI is InChI=1S/C18H18N2O5/c1-24-12-5-3-11-4-7-14(15(11)9-12)18(21)19-16-8-6-13(25-2)10-17(16)20(22)23/h3,5-6,8-10,14H,4,7H2,1-2H3,(H,19,21)/t14-/m1/s1. The van der Waals surface area contributed by atoms with E-state index in [0.29, 0.717) is 17.9 Å². The monoisotopic (exact) mass is 342 g/mol. The van der Waals surface area contributed by atoms with E-state index in [1.165, 1.54) is 19.2 Å². The molecule has 0 unspecified atom stereocenters. The van der Waals surface area contributed by atoms with Gasteiger partial charge in [-0.2, -0.15) is 0 Å². The number of ether oxygens (including phenoxy) is 2. The highest BCUT2D eigenvalue weighted by Crippen LogP contribution is 2.37. The minimum absolute atomic E-state index is 0.159. The fourth-order valence-corrected chi connectivity index (χ4v) is 3.09. The molecule has 0 bridgehead atoms. The molecule has 7 nitrogen and oxygen atoms in total. The van der Waals surface area contributed by atoms with Crippen LogP contribution in [0.3, 0.4) is 0 Å². The van der Waals surface area contributed by atoms with Crippen LogP contribution in [0.15, 0.2) is 36.4 Å². The number of nitrogens with one attached hydrogen (secondary N) is 1. The molecule has 2 aromatic rings. The van der Waals surface area contributed by atoms with Crippen LogP contribution < -0.4 is 14.8 Å². The van der Waals surface area contributed by atoms with Crippen LogP contribution in [0.1, 0.15) is 23.5 Å². The molecular formula is C18H18N2O5. The third kappa shape index (κ3) is 3.26. The van der Waals surface area contributed by atoms with E-state index < -0.39 is 4.92 Å². The van der Waals surface area contributed by atoms with Gasteiger partial charge < -0.3 is 14.8 Å². The van der Waals surface area contributed by atoms with Crippen molar-refractivity contribution in [2.24, 2.45) is 0 Å². The first-order chi connectivity index (χ1) is 12.0. The number of benzene rings is 2. The lowest BCUT2D eigenvalue weighted by Gasteiger charge is -2.14. The zero-order chi connectivity index (χ0) is 18.0. The summed E-state index contributed by atoms with van der Waals surface area (Å²) < 4.78 is 10.2. The number of hydrogen-bond donors (Lipinski definition) is 1. The first-order valence-electron chi connectivity index (χ1n) is 7.83. The number of methoxy groups -OCH3 is 2. The summed E-state index contributed by atoms with van der Waals surface area (Å²) in [5, 5.41) is 13.9. The van der Waals surface area contributed by atoms with Crippen LogP contribution >= 0.6 is 0 Å². The average molecular weight is 342 g/mol. The van der Waals surface area contributed by atoms with Crippen molar-refractivity contribution in [1.82, 2.24) is 0 Å². The van der Waals surface area contributed by atoms with Crippen LogP contribution in [0.4, 0.5) is 11.4 Å². The second-order valence-electron chi connectivity index (χ2n) is 5.79. The van der Waals surface area contributed by atoms with Crippen molar-refractivity contribution >= 4 is 17.3 Å². The fraction of sp³-hybridized carbons (Fsp3) is 0.278. The molecule has 1 aliphatic rings. The number of hydrogen-bond acceptors (Lipinski definition) is 5. The molecule has 1 aliphatic carbocycles. The Bertz CT molecular complexity index is 834. The minimum Gasteiger partial charge on any atom is -0.497 e. The maximum atomic E-state index is 12.7. The van der Waals surface area contributed by atoms with Crippen molar-refractivity contribution in [2.45, 2.75) is 18.8 Å². The molecule has 0 heterocycles. The number of fused-ring (bicyclic) bond motifs is 1. The highest BCUT2D eigenvalue weighted by Gasteiger charge is 2.30. The molecule has 0 aromatic heterocycles. The van der Waals surface area contributed by atoms with Gasteiger partial charge in [0.1, 0.15) is 17.2 Å². The minimum atomic E-state index is -0.538. The summed E-state index contributed by atoms with van der Waals surface area (Å²) in [5.74, 6) is 0.432. The van der Waals surface area contributed by atoms with Gasteiger partial charge in [-0.15, -0.1) is 0 Å². The number of rotatable bonds is 5. The molecule has 7 heteroatoms. The average Bonchev–Trinajstić information content (AvgIpc) is 3.04. The van der Waals surface area contributed by atoms with Crippen molar-refractivity contribution < 1.29 is 19.2 Å². The lowest BCUT2D eigenvalue weighted by Crippen LogP contribution is -2.20. The predicted octanol–water partition coefficient (Wildman–Crippen LogP) is 3.28. The third-order valence-corrected chi connectivity index (χ3v) is 4.41. The van der Waals surface area contributed by atoms with E-state index in [1.54, 1.807) is 13.2 Å². The Morgan fingerprint density at radius 2 is 1.84 bits per heavy atom. The maximum absolute atomic E-state index is 12.7. The summed E-state index contributed by atoms with van der Waals surface area (Å²) in [6.07, 6.45) is 1.46. The maximum Gasteiger partial charge on any atom is 0.296 e. The molecule has 3 rings (SSSR count). The number of carbonyl (C=O) groups is 1. The van der Waals surface area contributed by atoms with E-state index in [-0.39, 0.29) is 23.2 Å². The summed E-state index contributed by atoms with van der Waals surface area (Å²) in [4.78, 5) is 23.4. The molecule has 25 heavy (non-hydrogen) atoms. The van der Waals surface area contributed by atoms with Crippen LogP contribution in [0.2, 0.25) is 0 Å². The van der Waals surface area contributed by atoms with Crippen LogP contribution in [0.5, 0.6) is 11.5 Å². The van der Waals surface area contributed by atoms with Crippen molar-refractivity contribution in [3.8, 4) is 11.5 Å². The normalized spacial score (nSPS) is 15.4. The second-order valence-corrected chi connectivity index (χ2v) is 5.79. The van der Waals surface area contributed by atoms with E-state index in [0.717, 1.165) is 17.5 Å². The summed E-state index contributed by atoms with van der Waals surface area (Å²) in [5.41, 5.74) is 1.97. The van der Waals surface area contributed by atoms with E-state index in [1.807, 2.05) is 18.2 Å². The molecule has 130 valence electrons. The molecule has 1 atom stereocenters. The Balaban J connectivity index is 1.86. The lowest BCUT2D eigenvalue weighted by atomic mass is 10.00. The Morgan fingerprint density at radius 1 is 1.16 bits per heavy atom. The molecule has 0 spiro atoms. The Morgan fingerprint density at radius 3 is 2.52 bits per heavy atom. The zero-order valence-electron chi connectivity index (χ0n) is 13.9. The highest BCUT2D eigenvalue weighted by molar-refractivity contribution is 5.98. The predicted molar refractivity (Wildman–Crippen MR) is 92.3 cm³/mol. The molecular weight excluding hydrogens is 324 g/mol. The Labute approximate surface area is 144 Å². The van der Waals surface area contributed by atoms with Gasteiger partial charge in [0.2, 0.25) is 5.91 Å². The lowest BCUT2D eigenvalue weighted by molar-refractivity contribution is -0.384. The van der Waals surface area contributed by atoms with Gasteiger partial charge in [0.05, 0.1) is 31.1 Å². The zero-order valence-corrected chi connectivity index (χ0v) is 13.9. The molecule has 0 saturated carbocycles. The van der Waals surface area contributed by atoms with Crippen LogP contribution in [0.25, 0.3) is 0 Å². The Hall–Kier alpha value is -3.09. The number of carbonyl (C=O) groups excluding carboxylic acids is 1. The molecule has 0 fully saturated rings. The molecule has 0 aliphatic heterocycles. The van der Waals surface area contributed by atoms with Gasteiger partial charge in [-0.25, -0.2) is 0 Å². The van der Waals surface area contributed by atoms with Gasteiger partial charge in [-0.3, -0.25) is 14.9 Å². The van der Waals surface area contributed by atoms with Crippen LogP contribution in [0, 0.1) is 10.1 Å². The fourth-order valence-electron chi connectivity index (χ4n) is 3.09. The van der Waals surface area contributed by atoms with Gasteiger partial charge in [0, 0.05) is 0 Å². The smallest absolute Gasteiger partial charge is 0.296 e. The van der Waals surface area contributed by atoms with Crippen LogP contribution in [-0.2, 0) is 11.2 Å². The number of nitro benzene ring substituents is 1. The number of nitro groups is 1. The van der Waals surface area contributed by atoms with Gasteiger partial charge in [-0.1, -0.05) is 6.07 Å². The van der Waals surface area contributed by atoms with Crippen molar-refractivity contribution in [3.63, 3.8) is 0 Å². The number of amides is 1. The van der Waals surface area contributed by atoms with Gasteiger partial charge >= 0.3 is 0 Å². The number of nitrogens with zero attached hydrogens (tertiary/aromatic N) is 1. The molecule has 2 aromatic carbocycles. The van der Waals surface area contributed by atoms with Crippen molar-refractivity contribution in [2.75, 3.05) is 19.5 Å². The summed E-state index contributed by atoms with van der Waals surface area (Å²) in [6.45, 7) is 0. The topological polar surface area (TPSA) is 90.7 Å². The quantitative estimate of drug-likeness (QED) is 0.665. The van der Waals surface area contributed by atoms with Gasteiger partial charge in [0.25, 0.3) is 5.69 Å². The number of anilines is 1. The van der Waals surface area contributed by atoms with E-state index in [2.05, 4.69) is 5.32 Å². The van der Waals surface area contributed by atoms with E-state index >= 15 is 0 Å². The van der Waals surface area contributed by atoms with Crippen LogP contribution in [-0.4, -0.2) is 25.1 Å². The molecule has 1 N–H and O–H groups in total. The SMILES string of the molecule is COc1ccc2c(c1)[C@H](C(=O)Nc1ccc(OC)cc1[N+](=O)[O-])CC2. The van der Waals surface area contributed by atoms with Gasteiger partial charge in [-0.05, 0) is 48.2 Å².